The van der Waals surface area contributed by atoms with E-state index in [-0.39, 0.29) is 11.9 Å². The zero-order chi connectivity index (χ0) is 9.92. The molecule has 1 saturated heterocycles. The number of hydrogen-bond donors (Lipinski definition) is 1. The first-order valence-electron chi connectivity index (χ1n) is 5.26. The van der Waals surface area contributed by atoms with Gasteiger partial charge in [0, 0.05) is 7.05 Å². The Morgan fingerprint density at radius 2 is 1.71 bits per heavy atom. The number of urea groups is 1. The van der Waals surface area contributed by atoms with Gasteiger partial charge in [0.2, 0.25) is 0 Å². The maximum absolute atomic E-state index is 12.0. The highest BCUT2D eigenvalue weighted by Gasteiger charge is 2.64. The number of likely N-dealkylation sites (N-methyl/N-ethyl adjacent to an activating group) is 1. The molecule has 0 aromatic heterocycles. The lowest BCUT2D eigenvalue weighted by Gasteiger charge is -2.25. The normalized spacial score (nSPS) is 30.8. The van der Waals surface area contributed by atoms with Crippen LogP contribution in [0.15, 0.2) is 0 Å². The molecular weight excluding hydrogens is 180 g/mol. The fraction of sp³-hybridized carbons (Fsp3) is 0.800. The van der Waals surface area contributed by atoms with Gasteiger partial charge < -0.3 is 5.32 Å². The molecule has 1 N–H and O–H groups in total. The van der Waals surface area contributed by atoms with E-state index in [0.29, 0.717) is 11.8 Å². The molecule has 0 aromatic rings. The summed E-state index contributed by atoms with van der Waals surface area (Å²) in [4.78, 5) is 24.7. The summed E-state index contributed by atoms with van der Waals surface area (Å²) >= 11 is 0. The maximum atomic E-state index is 12.0. The molecule has 0 unspecified atom stereocenters. The van der Waals surface area contributed by atoms with Crippen molar-refractivity contribution < 1.29 is 9.59 Å². The molecule has 3 fully saturated rings. The predicted molar refractivity (Wildman–Crippen MR) is 49.5 cm³/mol. The Bertz CT molecular complexity index is 306. The van der Waals surface area contributed by atoms with Crippen molar-refractivity contribution in [2.75, 3.05) is 7.05 Å². The van der Waals surface area contributed by atoms with Gasteiger partial charge in [-0.15, -0.1) is 0 Å². The molecule has 1 heterocycles. The molecule has 0 spiro atoms. The fourth-order valence-corrected chi connectivity index (χ4v) is 2.65. The van der Waals surface area contributed by atoms with Gasteiger partial charge in [0.05, 0.1) is 0 Å². The summed E-state index contributed by atoms with van der Waals surface area (Å²) < 4.78 is 0. The first-order valence-corrected chi connectivity index (χ1v) is 5.26. The Kier molecular flexibility index (Phi) is 1.36. The van der Waals surface area contributed by atoms with Gasteiger partial charge in [0.25, 0.3) is 5.91 Å². The predicted octanol–water partition coefficient (Wildman–Crippen LogP) is 0.727. The molecule has 3 rings (SSSR count). The van der Waals surface area contributed by atoms with Crippen molar-refractivity contribution in [1.29, 1.82) is 0 Å². The summed E-state index contributed by atoms with van der Waals surface area (Å²) in [7, 11) is 1.57. The van der Waals surface area contributed by atoms with Crippen LogP contribution in [-0.2, 0) is 4.79 Å². The molecule has 0 radical (unpaired) electrons. The molecule has 76 valence electrons. The number of imide groups is 1. The van der Waals surface area contributed by atoms with Crippen LogP contribution in [0.2, 0.25) is 0 Å². The highest BCUT2D eigenvalue weighted by molar-refractivity contribution is 6.07. The second kappa shape index (κ2) is 2.30. The zero-order valence-corrected chi connectivity index (χ0v) is 8.25. The van der Waals surface area contributed by atoms with E-state index in [4.69, 9.17) is 0 Å². The van der Waals surface area contributed by atoms with Crippen LogP contribution in [0, 0.1) is 11.8 Å². The van der Waals surface area contributed by atoms with Crippen LogP contribution in [0.4, 0.5) is 4.79 Å². The second-order valence-corrected chi connectivity index (χ2v) is 4.71. The van der Waals surface area contributed by atoms with E-state index >= 15 is 0 Å². The van der Waals surface area contributed by atoms with Crippen molar-refractivity contribution >= 4 is 11.9 Å². The van der Waals surface area contributed by atoms with E-state index in [0.717, 1.165) is 25.7 Å². The quantitative estimate of drug-likeness (QED) is 0.659. The molecule has 0 aromatic carbocycles. The monoisotopic (exact) mass is 194 g/mol. The molecule has 0 atom stereocenters. The lowest BCUT2D eigenvalue weighted by molar-refractivity contribution is -0.132. The average molecular weight is 194 g/mol. The lowest BCUT2D eigenvalue weighted by atomic mass is 9.87. The van der Waals surface area contributed by atoms with Crippen molar-refractivity contribution in [2.45, 2.75) is 31.2 Å². The van der Waals surface area contributed by atoms with E-state index in [9.17, 15) is 9.59 Å². The van der Waals surface area contributed by atoms with Gasteiger partial charge in [0.15, 0.2) is 0 Å². The maximum Gasteiger partial charge on any atom is 0.324 e. The molecular formula is C10H14N2O2. The van der Waals surface area contributed by atoms with Gasteiger partial charge >= 0.3 is 6.03 Å². The van der Waals surface area contributed by atoms with Crippen LogP contribution in [0.5, 0.6) is 0 Å². The highest BCUT2D eigenvalue weighted by Crippen LogP contribution is 2.54. The minimum atomic E-state index is -0.494. The van der Waals surface area contributed by atoms with Crippen molar-refractivity contribution in [2.24, 2.45) is 11.8 Å². The topological polar surface area (TPSA) is 49.4 Å². The number of nitrogens with zero attached hydrogens (tertiary/aromatic N) is 1. The van der Waals surface area contributed by atoms with E-state index < -0.39 is 5.54 Å². The molecule has 2 aliphatic carbocycles. The minimum absolute atomic E-state index is 0.00694. The van der Waals surface area contributed by atoms with Gasteiger partial charge in [0.1, 0.15) is 5.54 Å². The zero-order valence-electron chi connectivity index (χ0n) is 8.25. The Labute approximate surface area is 82.6 Å². The van der Waals surface area contributed by atoms with Gasteiger partial charge in [-0.1, -0.05) is 0 Å². The number of carbonyl (C=O) groups excluding carboxylic acids is 2. The second-order valence-electron chi connectivity index (χ2n) is 4.71. The van der Waals surface area contributed by atoms with Crippen LogP contribution >= 0.6 is 0 Å². The van der Waals surface area contributed by atoms with Gasteiger partial charge in [-0.05, 0) is 37.5 Å². The molecule has 0 bridgehead atoms. The summed E-state index contributed by atoms with van der Waals surface area (Å²) in [5, 5.41) is 2.93. The third-order valence-electron chi connectivity index (χ3n) is 3.72. The summed E-state index contributed by atoms with van der Waals surface area (Å²) in [6.45, 7) is 0. The van der Waals surface area contributed by atoms with Crippen molar-refractivity contribution in [3.8, 4) is 0 Å². The van der Waals surface area contributed by atoms with Crippen molar-refractivity contribution in [1.82, 2.24) is 10.2 Å². The van der Waals surface area contributed by atoms with E-state index in [1.54, 1.807) is 7.05 Å². The number of hydrogen-bond acceptors (Lipinski definition) is 2. The summed E-state index contributed by atoms with van der Waals surface area (Å²) in [6.07, 6.45) is 4.37. The van der Waals surface area contributed by atoms with Crippen LogP contribution in [0.1, 0.15) is 25.7 Å². The van der Waals surface area contributed by atoms with Crippen LogP contribution in [0.25, 0.3) is 0 Å². The number of rotatable bonds is 2. The standard InChI is InChI=1S/C10H14N2O2/c1-12-8(13)10(6-2-3-6,7-4-5-7)11-9(12)14/h6-7H,2-5H2,1H3,(H,11,14). The molecule has 4 nitrogen and oxygen atoms in total. The van der Waals surface area contributed by atoms with Crippen LogP contribution in [0.3, 0.4) is 0 Å². The Morgan fingerprint density at radius 1 is 1.21 bits per heavy atom. The van der Waals surface area contributed by atoms with Gasteiger partial charge in [-0.25, -0.2) is 4.79 Å². The Balaban J connectivity index is 1.99. The number of nitrogens with one attached hydrogen (secondary N) is 1. The minimum Gasteiger partial charge on any atom is -0.323 e. The third-order valence-corrected chi connectivity index (χ3v) is 3.72. The summed E-state index contributed by atoms with van der Waals surface area (Å²) in [6, 6.07) is -0.214. The highest BCUT2D eigenvalue weighted by atomic mass is 16.2. The van der Waals surface area contributed by atoms with Gasteiger partial charge in [-0.3, -0.25) is 9.69 Å². The fourth-order valence-electron chi connectivity index (χ4n) is 2.65. The summed E-state index contributed by atoms with van der Waals surface area (Å²) in [5.74, 6) is 0.834. The summed E-state index contributed by atoms with van der Waals surface area (Å²) in [5.41, 5.74) is -0.494. The first-order chi connectivity index (χ1) is 6.66. The number of amides is 3. The molecule has 3 aliphatic rings. The average Bonchev–Trinajstić information content (AvgIpc) is 3.04. The number of carbonyl (C=O) groups is 2. The van der Waals surface area contributed by atoms with Crippen LogP contribution in [-0.4, -0.2) is 29.4 Å². The molecule has 1 aliphatic heterocycles. The van der Waals surface area contributed by atoms with Crippen molar-refractivity contribution in [3.63, 3.8) is 0 Å². The molecule has 3 amide bonds. The molecule has 2 saturated carbocycles. The van der Waals surface area contributed by atoms with Crippen molar-refractivity contribution in [3.05, 3.63) is 0 Å². The molecule has 4 heteroatoms. The molecule has 14 heavy (non-hydrogen) atoms. The van der Waals surface area contributed by atoms with Gasteiger partial charge in [-0.2, -0.15) is 0 Å². The Morgan fingerprint density at radius 3 is 2.00 bits per heavy atom. The first kappa shape index (κ1) is 8.26. The Hall–Kier alpha value is -1.06. The van der Waals surface area contributed by atoms with E-state index in [1.165, 1.54) is 4.90 Å². The van der Waals surface area contributed by atoms with Crippen LogP contribution < -0.4 is 5.32 Å². The van der Waals surface area contributed by atoms with E-state index in [2.05, 4.69) is 5.32 Å². The smallest absolute Gasteiger partial charge is 0.323 e. The lowest BCUT2D eigenvalue weighted by Crippen LogP contribution is -2.51. The SMILES string of the molecule is CN1C(=O)NC(C2CC2)(C2CC2)C1=O. The third kappa shape index (κ3) is 0.837. The largest absolute Gasteiger partial charge is 0.324 e. The van der Waals surface area contributed by atoms with E-state index in [1.807, 2.05) is 0 Å².